The average molecular weight is 367 g/mol. The van der Waals surface area contributed by atoms with E-state index in [2.05, 4.69) is 29.6 Å². The predicted molar refractivity (Wildman–Crippen MR) is 94.0 cm³/mol. The Bertz CT molecular complexity index is 579. The van der Waals surface area contributed by atoms with Crippen molar-refractivity contribution in [3.63, 3.8) is 0 Å². The van der Waals surface area contributed by atoms with Gasteiger partial charge >= 0.3 is 54.7 Å². The number of unbranched alkanes of at least 4 members (excludes halogenated alkanes) is 1. The molecule has 0 aliphatic carbocycles. The van der Waals surface area contributed by atoms with Crippen LogP contribution in [0, 0.1) is 5.92 Å². The number of esters is 1. The number of Topliss-reactive ketones (excluding diaryl/α,β-unsaturated/α-hetero) is 1. The number of alkyl halides is 3. The van der Waals surface area contributed by atoms with Gasteiger partial charge in [0.2, 0.25) is 0 Å². The molecule has 0 spiro atoms. The second-order valence-corrected chi connectivity index (χ2v) is 6.90. The number of hydrogen-bond donors (Lipinski definition) is 0. The first-order chi connectivity index (χ1) is 11.8. The number of ether oxygens (including phenoxy) is 1. The van der Waals surface area contributed by atoms with E-state index in [9.17, 15) is 22.8 Å². The fraction of sp³-hybridized carbons (Fsp3) is 0.611. The Hall–Kier alpha value is -1.32. The summed E-state index contributed by atoms with van der Waals surface area (Å²) < 4.78 is 42.2. The zero-order valence-corrected chi connectivity index (χ0v) is 16.2. The first-order valence-corrected chi connectivity index (χ1v) is 8.63. The molecule has 0 saturated carbocycles. The monoisotopic (exact) mass is 367 g/mol. The Kier molecular flexibility index (Phi) is 10.2. The van der Waals surface area contributed by atoms with Crippen molar-refractivity contribution in [2.45, 2.75) is 64.3 Å². The van der Waals surface area contributed by atoms with Gasteiger partial charge in [-0.3, -0.25) is 14.6 Å². The second kappa shape index (κ2) is 10.7. The second-order valence-electron chi connectivity index (χ2n) is 6.90. The number of halogens is 3. The molecule has 1 aromatic rings. The number of ketones is 1. The summed E-state index contributed by atoms with van der Waals surface area (Å²) in [6.45, 7) is 8.52. The van der Waals surface area contributed by atoms with Gasteiger partial charge in [-0.15, -0.1) is 0 Å². The number of hydrogen-bond acceptors (Lipinski definition) is 4. The Balaban J connectivity index is 0.00000110. The first kappa shape index (κ1) is 24.7. The van der Waals surface area contributed by atoms with E-state index in [0.717, 1.165) is 12.3 Å². The fourth-order valence-corrected chi connectivity index (χ4v) is 1.81. The normalized spacial score (nSPS) is 12.7. The molecule has 142 valence electrons. The summed E-state index contributed by atoms with van der Waals surface area (Å²) in [5.41, 5.74) is -1.91. The van der Waals surface area contributed by atoms with Gasteiger partial charge in [0, 0.05) is 11.8 Å². The van der Waals surface area contributed by atoms with Crippen molar-refractivity contribution in [2.24, 2.45) is 5.92 Å². The summed E-state index contributed by atoms with van der Waals surface area (Å²) in [5.74, 6) is -2.47. The minimum atomic E-state index is -4.57. The molecule has 0 amide bonds. The fourth-order valence-electron chi connectivity index (χ4n) is 1.81. The molecule has 0 aromatic carbocycles. The van der Waals surface area contributed by atoms with Crippen LogP contribution < -0.4 is 0 Å². The van der Waals surface area contributed by atoms with Crippen LogP contribution in [0.1, 0.15) is 63.5 Å². The Morgan fingerprint density at radius 1 is 1.23 bits per heavy atom. The molecular weight excluding hydrogens is 342 g/mol. The van der Waals surface area contributed by atoms with Gasteiger partial charge in [0.05, 0.1) is 0 Å². The van der Waals surface area contributed by atoms with Crippen LogP contribution in [-0.4, -0.2) is 40.1 Å². The number of rotatable bonds is 5. The van der Waals surface area contributed by atoms with E-state index < -0.39 is 35.1 Å². The zero-order chi connectivity index (χ0) is 20.5. The molecule has 0 radical (unpaired) electrons. The standard InChI is InChI=1S/C14H16F3NO3.C4H9.Li/c1-8(12(20)21-13(2,3)4)11(19)9-5-6-10(18-7-9)14(15,16)17;1-3-4-2;/h5-8H,1-4H3;1,3-4H2,2H3;. The summed E-state index contributed by atoms with van der Waals surface area (Å²) in [7, 11) is 0. The Morgan fingerprint density at radius 2 is 1.81 bits per heavy atom. The van der Waals surface area contributed by atoms with Gasteiger partial charge in [0.25, 0.3) is 0 Å². The summed E-state index contributed by atoms with van der Waals surface area (Å²) in [6, 6.07) is 1.70. The van der Waals surface area contributed by atoms with Crippen LogP contribution in [0.3, 0.4) is 0 Å². The zero-order valence-electron chi connectivity index (χ0n) is 16.2. The molecule has 0 bridgehead atoms. The molecule has 4 nitrogen and oxygen atoms in total. The third-order valence-corrected chi connectivity index (χ3v) is 3.20. The van der Waals surface area contributed by atoms with Crippen LogP contribution in [0.2, 0.25) is 5.09 Å². The van der Waals surface area contributed by atoms with E-state index >= 15 is 0 Å². The number of pyridine rings is 1. The average Bonchev–Trinajstić information content (AvgIpc) is 2.52. The molecule has 1 rings (SSSR count). The van der Waals surface area contributed by atoms with Crippen molar-refractivity contribution in [3.8, 4) is 0 Å². The van der Waals surface area contributed by atoms with Gasteiger partial charge in [-0.1, -0.05) is 0 Å². The van der Waals surface area contributed by atoms with Gasteiger partial charge in [-0.2, -0.15) is 13.2 Å². The van der Waals surface area contributed by atoms with Gasteiger partial charge in [0.1, 0.15) is 17.2 Å². The Morgan fingerprint density at radius 3 is 2.12 bits per heavy atom. The van der Waals surface area contributed by atoms with Crippen molar-refractivity contribution < 1.29 is 27.5 Å². The third kappa shape index (κ3) is 9.40. The van der Waals surface area contributed by atoms with Crippen LogP contribution in [0.15, 0.2) is 18.3 Å². The number of carbonyl (C=O) groups excluding carboxylic acids is 2. The minimum absolute atomic E-state index is 0.0682. The molecule has 1 unspecified atom stereocenters. The maximum absolute atomic E-state index is 12.4. The summed E-state index contributed by atoms with van der Waals surface area (Å²) in [5, 5.41) is 1.34. The van der Waals surface area contributed by atoms with Crippen molar-refractivity contribution in [3.05, 3.63) is 29.6 Å². The molecule has 1 aromatic heterocycles. The van der Waals surface area contributed by atoms with E-state index in [0.29, 0.717) is 6.07 Å². The predicted octanol–water partition coefficient (Wildman–Crippen LogP) is 4.63. The summed E-state index contributed by atoms with van der Waals surface area (Å²) in [4.78, 5) is 27.0. The topological polar surface area (TPSA) is 56.3 Å². The van der Waals surface area contributed by atoms with Gasteiger partial charge < -0.3 is 4.74 Å². The van der Waals surface area contributed by atoms with E-state index in [1.54, 1.807) is 20.8 Å². The van der Waals surface area contributed by atoms with Crippen LogP contribution in [0.4, 0.5) is 13.2 Å². The summed E-state index contributed by atoms with van der Waals surface area (Å²) in [6.07, 6.45) is -1.03. The molecule has 0 aliphatic rings. The van der Waals surface area contributed by atoms with Crippen molar-refractivity contribution >= 4 is 29.5 Å². The van der Waals surface area contributed by atoms with Gasteiger partial charge in [-0.05, 0) is 39.8 Å². The van der Waals surface area contributed by atoms with Crippen molar-refractivity contribution in [1.29, 1.82) is 0 Å². The van der Waals surface area contributed by atoms with Crippen LogP contribution in [-0.2, 0) is 15.7 Å². The molecule has 1 atom stereocenters. The number of nitrogens with zero attached hydrogens (tertiary/aromatic N) is 1. The molecule has 26 heavy (non-hydrogen) atoms. The third-order valence-electron chi connectivity index (χ3n) is 3.20. The van der Waals surface area contributed by atoms with E-state index in [-0.39, 0.29) is 5.56 Å². The van der Waals surface area contributed by atoms with E-state index in [1.807, 2.05) is 0 Å². The molecule has 1 heterocycles. The Labute approximate surface area is 162 Å². The van der Waals surface area contributed by atoms with Crippen LogP contribution >= 0.6 is 0 Å². The van der Waals surface area contributed by atoms with Gasteiger partial charge in [-0.25, -0.2) is 0 Å². The molecule has 8 heteroatoms. The first-order valence-electron chi connectivity index (χ1n) is 8.63. The number of aromatic nitrogens is 1. The van der Waals surface area contributed by atoms with E-state index in [4.69, 9.17) is 4.74 Å². The van der Waals surface area contributed by atoms with Crippen molar-refractivity contribution in [1.82, 2.24) is 4.98 Å². The number of carbonyl (C=O) groups is 2. The molecule has 0 aliphatic heterocycles. The van der Waals surface area contributed by atoms with E-state index in [1.165, 1.54) is 24.9 Å². The van der Waals surface area contributed by atoms with Crippen molar-refractivity contribution in [2.75, 3.05) is 0 Å². The van der Waals surface area contributed by atoms with Crippen LogP contribution in [0.5, 0.6) is 0 Å². The molecule has 0 saturated heterocycles. The molecule has 0 fully saturated rings. The molecule has 0 N–H and O–H groups in total. The van der Waals surface area contributed by atoms with Crippen LogP contribution in [0.25, 0.3) is 0 Å². The quantitative estimate of drug-likeness (QED) is 0.329. The SMILES string of the molecule is CC(C(=O)OC(C)(C)C)C(=O)c1ccc(C(F)(F)F)nc1.[Li][CH2]CCC. The molecular formula is C18H25F3LiNO3. The maximum atomic E-state index is 12.4. The van der Waals surface area contributed by atoms with Gasteiger partial charge in [0.15, 0.2) is 5.78 Å². The summed E-state index contributed by atoms with van der Waals surface area (Å²) >= 11 is 2.21.